The second-order valence-electron chi connectivity index (χ2n) is 7.20. The number of hydrogen-bond acceptors (Lipinski definition) is 12. The largest absolute Gasteiger partial charge is 0.462 e. The third-order valence-electron chi connectivity index (χ3n) is 5.01. The Morgan fingerprint density at radius 3 is 2.86 bits per heavy atom. The van der Waals surface area contributed by atoms with Gasteiger partial charge in [0, 0.05) is 23.3 Å². The van der Waals surface area contributed by atoms with Crippen molar-refractivity contribution < 1.29 is 28.5 Å². The number of nitrogens with one attached hydrogen (secondary N) is 2. The van der Waals surface area contributed by atoms with Crippen molar-refractivity contribution >= 4 is 47.0 Å². The predicted octanol–water partition coefficient (Wildman–Crippen LogP) is -0.148. The molecule has 4 heterocycles. The molecule has 2 aliphatic rings. The summed E-state index contributed by atoms with van der Waals surface area (Å²) in [5.74, 6) is -2.14. The van der Waals surface area contributed by atoms with Crippen molar-refractivity contribution in [2.75, 3.05) is 12.9 Å². The van der Waals surface area contributed by atoms with Crippen molar-refractivity contribution in [3.8, 4) is 0 Å². The number of nitrogens with zero attached hydrogens (tertiary/aromatic N) is 4. The number of thioether (sulfide) groups is 2. The summed E-state index contributed by atoms with van der Waals surface area (Å²) < 4.78 is 6.19. The van der Waals surface area contributed by atoms with E-state index in [0.717, 1.165) is 16.3 Å². The van der Waals surface area contributed by atoms with Gasteiger partial charge >= 0.3 is 23.0 Å². The zero-order valence-corrected chi connectivity index (χ0v) is 20.4. The van der Waals surface area contributed by atoms with E-state index >= 15 is 0 Å². The molecule has 14 nitrogen and oxygen atoms in total. The van der Waals surface area contributed by atoms with Gasteiger partial charge in [0.1, 0.15) is 12.8 Å². The first-order valence-electron chi connectivity index (χ1n) is 10.1. The number of oxime groups is 1. The number of H-pyrrole nitrogens is 1. The summed E-state index contributed by atoms with van der Waals surface area (Å²) in [5, 5.41) is 9.35. The third kappa shape index (κ3) is 4.72. The zero-order chi connectivity index (χ0) is 26.0. The number of hydroxylamine groups is 1. The molecule has 16 heteroatoms. The highest BCUT2D eigenvalue weighted by atomic mass is 32.2. The number of aromatic nitrogens is 3. The molecule has 4 rings (SSSR count). The first kappa shape index (κ1) is 25.1. The number of amides is 2. The number of fused-ring (bicyclic) bond motifs is 1. The zero-order valence-electron chi connectivity index (χ0n) is 18.8. The summed E-state index contributed by atoms with van der Waals surface area (Å²) in [4.78, 5) is 72.7. The molecule has 2 N–H and O–H groups in total. The van der Waals surface area contributed by atoms with Crippen LogP contribution in [0.15, 0.2) is 65.5 Å². The van der Waals surface area contributed by atoms with Crippen LogP contribution in [0, 0.1) is 0 Å². The first-order valence-corrected chi connectivity index (χ1v) is 12.0. The van der Waals surface area contributed by atoms with Gasteiger partial charge in [-0.1, -0.05) is 23.5 Å². The Labute approximate surface area is 210 Å². The maximum atomic E-state index is 13.1. The molecule has 36 heavy (non-hydrogen) atoms. The van der Waals surface area contributed by atoms with Crippen molar-refractivity contribution in [3.05, 3.63) is 67.6 Å². The molecule has 2 aliphatic heterocycles. The molecule has 0 unspecified atom stereocenters. The number of aromatic amines is 1. The Bertz CT molecular complexity index is 1420. The molecule has 0 aromatic carbocycles. The Kier molecular flexibility index (Phi) is 7.16. The lowest BCUT2D eigenvalue weighted by Gasteiger charge is -2.44. The average Bonchev–Trinajstić information content (AvgIpc) is 3.38. The van der Waals surface area contributed by atoms with Crippen LogP contribution in [0.3, 0.4) is 0 Å². The Morgan fingerprint density at radius 1 is 1.42 bits per heavy atom. The minimum atomic E-state index is -1.02. The fourth-order valence-electron chi connectivity index (χ4n) is 3.25. The predicted molar refractivity (Wildman–Crippen MR) is 126 cm³/mol. The molecule has 1 saturated heterocycles. The lowest BCUT2D eigenvalue weighted by molar-refractivity contribution is -0.157. The Morgan fingerprint density at radius 2 is 2.19 bits per heavy atom. The van der Waals surface area contributed by atoms with Crippen LogP contribution in [0.2, 0.25) is 0 Å². The van der Waals surface area contributed by atoms with Crippen molar-refractivity contribution in [3.63, 3.8) is 0 Å². The Hall–Kier alpha value is -4.05. The van der Waals surface area contributed by atoms with Crippen molar-refractivity contribution in [2.24, 2.45) is 12.2 Å². The molecule has 188 valence electrons. The van der Waals surface area contributed by atoms with E-state index in [1.807, 2.05) is 5.48 Å². The topological polar surface area (TPSA) is 178 Å². The lowest BCUT2D eigenvalue weighted by atomic mass is 10.1. The van der Waals surface area contributed by atoms with Crippen LogP contribution in [0.25, 0.3) is 0 Å². The van der Waals surface area contributed by atoms with E-state index in [0.29, 0.717) is 10.5 Å². The summed E-state index contributed by atoms with van der Waals surface area (Å²) in [6.45, 7) is 3.98. The second kappa shape index (κ2) is 10.3. The van der Waals surface area contributed by atoms with Gasteiger partial charge in [-0.05, 0) is 12.1 Å². The van der Waals surface area contributed by atoms with Crippen molar-refractivity contribution in [1.82, 2.24) is 25.1 Å². The van der Waals surface area contributed by atoms with Crippen LogP contribution < -0.4 is 16.6 Å². The van der Waals surface area contributed by atoms with E-state index < -0.39 is 23.0 Å². The fraction of sp³-hybridized carbons (Fsp3) is 0.250. The van der Waals surface area contributed by atoms with Crippen LogP contribution >= 0.6 is 23.5 Å². The quantitative estimate of drug-likeness (QED) is 0.159. The summed E-state index contributed by atoms with van der Waals surface area (Å²) in [6, 6.07) is 2.99. The van der Waals surface area contributed by atoms with E-state index in [4.69, 9.17) is 9.25 Å². The van der Waals surface area contributed by atoms with Gasteiger partial charge in [-0.15, -0.1) is 16.9 Å². The molecule has 0 aliphatic carbocycles. The van der Waals surface area contributed by atoms with Gasteiger partial charge in [0.25, 0.3) is 0 Å². The summed E-state index contributed by atoms with van der Waals surface area (Å²) >= 11 is 2.33. The smallest absolute Gasteiger partial charge is 0.379 e. The molecular formula is C20H18N6O8S2. The van der Waals surface area contributed by atoms with Gasteiger partial charge in [-0.25, -0.2) is 9.89 Å². The summed E-state index contributed by atoms with van der Waals surface area (Å²) in [6.07, 6.45) is 1.52. The van der Waals surface area contributed by atoms with Crippen LogP contribution in [0.5, 0.6) is 0 Å². The number of rotatable bonds is 7. The molecule has 0 radical (unpaired) electrons. The third-order valence-corrected chi connectivity index (χ3v) is 7.25. The number of allylic oxidation sites excluding steroid dienone is 1. The molecule has 1 fully saturated rings. The minimum Gasteiger partial charge on any atom is -0.462 e. The lowest BCUT2D eigenvalue weighted by Crippen LogP contribution is -2.54. The molecule has 2 aromatic heterocycles. The van der Waals surface area contributed by atoms with Gasteiger partial charge in [-0.2, -0.15) is 5.48 Å². The highest BCUT2D eigenvalue weighted by molar-refractivity contribution is 8.04. The van der Waals surface area contributed by atoms with Gasteiger partial charge in [0.2, 0.25) is 11.6 Å². The Balaban J connectivity index is 1.58. The minimum absolute atomic E-state index is 0.0514. The number of carbonyl (C=O) groups is 3. The molecule has 2 amide bonds. The number of furan rings is 1. The van der Waals surface area contributed by atoms with Crippen LogP contribution in [0.1, 0.15) is 12.2 Å². The molecule has 1 atom stereocenters. The molecule has 0 bridgehead atoms. The highest BCUT2D eigenvalue weighted by Crippen LogP contribution is 2.46. The van der Waals surface area contributed by atoms with E-state index in [1.54, 1.807) is 0 Å². The number of β-lactam (4-membered cyclic amide) rings is 1. The second-order valence-corrected chi connectivity index (χ2v) is 9.41. The van der Waals surface area contributed by atoms with Gasteiger partial charge in [0.15, 0.2) is 10.9 Å². The molecule has 0 saturated carbocycles. The van der Waals surface area contributed by atoms with Gasteiger partial charge in [0.05, 0.1) is 18.1 Å². The fourth-order valence-corrected chi connectivity index (χ4v) is 5.51. The summed E-state index contributed by atoms with van der Waals surface area (Å²) in [7, 11) is 2.61. The monoisotopic (exact) mass is 534 g/mol. The van der Waals surface area contributed by atoms with Crippen LogP contribution in [-0.2, 0) is 31.1 Å². The average molecular weight is 535 g/mol. The van der Waals surface area contributed by atoms with Crippen molar-refractivity contribution in [1.29, 1.82) is 0 Å². The van der Waals surface area contributed by atoms with Crippen LogP contribution in [-0.4, -0.2) is 61.4 Å². The van der Waals surface area contributed by atoms with E-state index in [9.17, 15) is 24.0 Å². The molecule has 0 spiro atoms. The standard InChI is InChI=1S/C20H18N6O8S2/c1-9-10(8-35-20-22-21-17(29)18(30)25(20)2)15(26-12(27)7-13(26)36-9)19(31)34-24-16(28)14(23-32-3)11-5-4-6-33-11/h4-6,13H,1,7-8H2,2-3H3,(H,21,29)(H,24,28)/t13-/m1/s1. The van der Waals surface area contributed by atoms with Crippen molar-refractivity contribution in [2.45, 2.75) is 17.0 Å². The number of hydrogen-bond donors (Lipinski definition) is 2. The maximum Gasteiger partial charge on any atom is 0.379 e. The van der Waals surface area contributed by atoms with Gasteiger partial charge < -0.3 is 14.1 Å². The SMILES string of the molecule is C=C1S[C@@H]2CC(=O)N2C(C(=O)ONC(=O)C(=NOC)c2ccco2)=C1CSc1n[nH]c(=O)c(=O)n1C. The number of carbonyl (C=O) groups excluding carboxylic acids is 3. The van der Waals surface area contributed by atoms with E-state index in [2.05, 4.69) is 26.8 Å². The normalized spacial score (nSPS) is 17.4. The maximum absolute atomic E-state index is 13.1. The van der Waals surface area contributed by atoms with E-state index in [-0.39, 0.29) is 45.8 Å². The van der Waals surface area contributed by atoms with Gasteiger partial charge in [-0.3, -0.25) is 28.6 Å². The molecular weight excluding hydrogens is 516 g/mol. The van der Waals surface area contributed by atoms with Crippen LogP contribution in [0.4, 0.5) is 0 Å². The first-order chi connectivity index (χ1) is 17.2. The molecule has 2 aromatic rings. The highest BCUT2D eigenvalue weighted by Gasteiger charge is 2.47. The van der Waals surface area contributed by atoms with E-state index in [1.165, 1.54) is 49.2 Å². The summed E-state index contributed by atoms with van der Waals surface area (Å²) in [5.41, 5.74) is 0.256.